The molecule has 3 heterocycles. The van der Waals surface area contributed by atoms with Crippen LogP contribution in [0, 0.1) is 0 Å². The topological polar surface area (TPSA) is 57.5 Å². The summed E-state index contributed by atoms with van der Waals surface area (Å²) in [5.41, 5.74) is 2.14. The number of halogens is 1. The summed E-state index contributed by atoms with van der Waals surface area (Å²) < 4.78 is 2.10. The molecular formula is C25H29ClN6OS. The Labute approximate surface area is 209 Å². The van der Waals surface area contributed by atoms with Gasteiger partial charge in [-0.1, -0.05) is 47.6 Å². The number of rotatable bonds is 7. The second kappa shape index (κ2) is 10.8. The van der Waals surface area contributed by atoms with Crippen molar-refractivity contribution in [2.24, 2.45) is 0 Å². The maximum Gasteiger partial charge on any atom is 0.233 e. The van der Waals surface area contributed by atoms with Crippen LogP contribution in [-0.4, -0.2) is 75.5 Å². The summed E-state index contributed by atoms with van der Waals surface area (Å²) in [6, 6.07) is 18.1. The number of carbonyl (C=O) groups excluding carboxylic acids is 1. The largest absolute Gasteiger partial charge is 0.368 e. The van der Waals surface area contributed by atoms with Crippen LogP contribution in [0.5, 0.6) is 0 Å². The lowest BCUT2D eigenvalue weighted by molar-refractivity contribution is -0.128. The van der Waals surface area contributed by atoms with Gasteiger partial charge in [-0.15, -0.1) is 10.2 Å². The third-order valence-electron chi connectivity index (χ3n) is 6.41. The normalized spacial score (nSPS) is 16.9. The van der Waals surface area contributed by atoms with Crippen molar-refractivity contribution in [2.75, 3.05) is 49.9 Å². The third-order valence-corrected chi connectivity index (χ3v) is 7.56. The fraction of sp³-hybridized carbons (Fsp3) is 0.400. The van der Waals surface area contributed by atoms with Crippen molar-refractivity contribution >= 4 is 35.0 Å². The van der Waals surface area contributed by atoms with Gasteiger partial charge in [-0.2, -0.15) is 0 Å². The molecule has 7 nitrogen and oxygen atoms in total. The molecule has 0 N–H and O–H groups in total. The van der Waals surface area contributed by atoms with E-state index < -0.39 is 0 Å². The Morgan fingerprint density at radius 3 is 2.35 bits per heavy atom. The number of hydrogen-bond acceptors (Lipinski definition) is 6. The molecular weight excluding hydrogens is 468 g/mol. The highest BCUT2D eigenvalue weighted by molar-refractivity contribution is 7.99. The molecule has 1 amide bonds. The van der Waals surface area contributed by atoms with Gasteiger partial charge in [0.25, 0.3) is 0 Å². The summed E-state index contributed by atoms with van der Waals surface area (Å²) in [4.78, 5) is 19.6. The standard InChI is InChI=1S/C25H29ClN6OS/c26-20-7-6-10-22(17-20)30-13-15-31(16-14-30)24(33)19-34-25-28-27-23(18-29-11-4-5-12-29)32(25)21-8-2-1-3-9-21/h1-3,6-10,17H,4-5,11-16,18-19H2. The third kappa shape index (κ3) is 5.40. The molecule has 2 aromatic carbocycles. The zero-order valence-corrected chi connectivity index (χ0v) is 20.7. The van der Waals surface area contributed by atoms with Crippen LogP contribution < -0.4 is 4.90 Å². The van der Waals surface area contributed by atoms with E-state index in [-0.39, 0.29) is 5.91 Å². The van der Waals surface area contributed by atoms with Gasteiger partial charge in [0.1, 0.15) is 0 Å². The van der Waals surface area contributed by atoms with Crippen LogP contribution >= 0.6 is 23.4 Å². The summed E-state index contributed by atoms with van der Waals surface area (Å²) in [6.07, 6.45) is 2.47. The van der Waals surface area contributed by atoms with E-state index in [4.69, 9.17) is 11.6 Å². The molecule has 0 saturated carbocycles. The molecule has 9 heteroatoms. The molecule has 5 rings (SSSR count). The van der Waals surface area contributed by atoms with Crippen molar-refractivity contribution < 1.29 is 4.79 Å². The van der Waals surface area contributed by atoms with Crippen molar-refractivity contribution in [1.29, 1.82) is 0 Å². The van der Waals surface area contributed by atoms with Crippen molar-refractivity contribution in [3.05, 3.63) is 65.4 Å². The number of benzene rings is 2. The van der Waals surface area contributed by atoms with Gasteiger partial charge in [0.15, 0.2) is 11.0 Å². The van der Waals surface area contributed by atoms with Crippen molar-refractivity contribution in [3.63, 3.8) is 0 Å². The maximum absolute atomic E-state index is 13.0. The fourth-order valence-corrected chi connectivity index (χ4v) is 5.64. The number of aromatic nitrogens is 3. The van der Waals surface area contributed by atoms with Crippen LogP contribution in [-0.2, 0) is 11.3 Å². The number of hydrogen-bond donors (Lipinski definition) is 0. The Hall–Kier alpha value is -2.55. The van der Waals surface area contributed by atoms with Crippen LogP contribution in [0.15, 0.2) is 59.8 Å². The van der Waals surface area contributed by atoms with Crippen LogP contribution in [0.1, 0.15) is 18.7 Å². The van der Waals surface area contributed by atoms with Crippen LogP contribution in [0.3, 0.4) is 0 Å². The van der Waals surface area contributed by atoms with E-state index in [0.29, 0.717) is 18.8 Å². The van der Waals surface area contributed by atoms with Gasteiger partial charge in [-0.3, -0.25) is 14.3 Å². The van der Waals surface area contributed by atoms with Gasteiger partial charge >= 0.3 is 0 Å². The monoisotopic (exact) mass is 496 g/mol. The number of carbonyl (C=O) groups is 1. The SMILES string of the molecule is O=C(CSc1nnc(CN2CCCC2)n1-c1ccccc1)N1CCN(c2cccc(Cl)c2)CC1. The first-order valence-electron chi connectivity index (χ1n) is 11.8. The van der Waals surface area contributed by atoms with Crippen LogP contribution in [0.2, 0.25) is 5.02 Å². The van der Waals surface area contributed by atoms with Crippen molar-refractivity contribution in [2.45, 2.75) is 24.5 Å². The first-order chi connectivity index (χ1) is 16.7. The molecule has 34 heavy (non-hydrogen) atoms. The molecule has 0 radical (unpaired) electrons. The van der Waals surface area contributed by atoms with Gasteiger partial charge < -0.3 is 9.80 Å². The summed E-state index contributed by atoms with van der Waals surface area (Å²) in [6.45, 7) is 6.00. The fourth-order valence-electron chi connectivity index (χ4n) is 4.58. The Bertz CT molecular complexity index is 1110. The lowest BCUT2D eigenvalue weighted by atomic mass is 10.2. The molecule has 2 saturated heterocycles. The average molecular weight is 497 g/mol. The number of anilines is 1. The molecule has 1 aromatic heterocycles. The van der Waals surface area contributed by atoms with E-state index in [0.717, 1.165) is 60.1 Å². The van der Waals surface area contributed by atoms with Gasteiger partial charge in [0.2, 0.25) is 5.91 Å². The van der Waals surface area contributed by atoms with E-state index in [1.807, 2.05) is 41.3 Å². The highest BCUT2D eigenvalue weighted by Crippen LogP contribution is 2.25. The zero-order valence-electron chi connectivity index (χ0n) is 19.1. The van der Waals surface area contributed by atoms with E-state index in [2.05, 4.69) is 42.8 Å². The highest BCUT2D eigenvalue weighted by Gasteiger charge is 2.24. The Morgan fingerprint density at radius 2 is 1.62 bits per heavy atom. The highest BCUT2D eigenvalue weighted by atomic mass is 35.5. The van der Waals surface area contributed by atoms with Gasteiger partial charge in [-0.05, 0) is 56.3 Å². The van der Waals surface area contributed by atoms with Gasteiger partial charge in [0.05, 0.1) is 12.3 Å². The van der Waals surface area contributed by atoms with E-state index in [1.54, 1.807) is 0 Å². The molecule has 3 aromatic rings. The minimum atomic E-state index is 0.138. The van der Waals surface area contributed by atoms with Crippen molar-refractivity contribution in [1.82, 2.24) is 24.6 Å². The molecule has 2 aliphatic heterocycles. The molecule has 0 bridgehead atoms. The molecule has 2 aliphatic rings. The summed E-state index contributed by atoms with van der Waals surface area (Å²) in [5.74, 6) is 1.42. The second-order valence-electron chi connectivity index (χ2n) is 8.69. The number of piperazine rings is 1. The Kier molecular flexibility index (Phi) is 7.37. The summed E-state index contributed by atoms with van der Waals surface area (Å²) in [7, 11) is 0. The Morgan fingerprint density at radius 1 is 0.882 bits per heavy atom. The molecule has 0 spiro atoms. The minimum absolute atomic E-state index is 0.138. The average Bonchev–Trinajstić information content (AvgIpc) is 3.53. The van der Waals surface area contributed by atoms with Gasteiger partial charge in [0, 0.05) is 42.6 Å². The smallest absolute Gasteiger partial charge is 0.233 e. The number of amides is 1. The second-order valence-corrected chi connectivity index (χ2v) is 10.1. The molecule has 0 aliphatic carbocycles. The molecule has 0 unspecified atom stereocenters. The quantitative estimate of drug-likeness (QED) is 0.461. The lowest BCUT2D eigenvalue weighted by Gasteiger charge is -2.36. The lowest BCUT2D eigenvalue weighted by Crippen LogP contribution is -2.49. The van der Waals surface area contributed by atoms with Crippen molar-refractivity contribution in [3.8, 4) is 5.69 Å². The van der Waals surface area contributed by atoms with E-state index in [1.165, 1.54) is 24.6 Å². The molecule has 2 fully saturated rings. The predicted molar refractivity (Wildman–Crippen MR) is 137 cm³/mol. The van der Waals surface area contributed by atoms with Crippen LogP contribution in [0.25, 0.3) is 5.69 Å². The first kappa shape index (κ1) is 23.2. The predicted octanol–water partition coefficient (Wildman–Crippen LogP) is 3.96. The van der Waals surface area contributed by atoms with E-state index in [9.17, 15) is 4.79 Å². The van der Waals surface area contributed by atoms with Gasteiger partial charge in [-0.25, -0.2) is 0 Å². The van der Waals surface area contributed by atoms with Crippen LogP contribution in [0.4, 0.5) is 5.69 Å². The summed E-state index contributed by atoms with van der Waals surface area (Å²) in [5, 5.41) is 10.5. The van der Waals surface area contributed by atoms with E-state index >= 15 is 0 Å². The minimum Gasteiger partial charge on any atom is -0.368 e. The zero-order chi connectivity index (χ0) is 23.3. The summed E-state index contributed by atoms with van der Waals surface area (Å²) >= 11 is 7.61. The Balaban J connectivity index is 1.22. The molecule has 178 valence electrons. The first-order valence-corrected chi connectivity index (χ1v) is 13.2. The maximum atomic E-state index is 13.0. The number of para-hydroxylation sites is 1. The number of likely N-dealkylation sites (tertiary alicyclic amines) is 1. The molecule has 0 atom stereocenters. The number of nitrogens with zero attached hydrogens (tertiary/aromatic N) is 6. The number of thioether (sulfide) groups is 1.